The van der Waals surface area contributed by atoms with Gasteiger partial charge in [0.1, 0.15) is 5.82 Å². The third-order valence-corrected chi connectivity index (χ3v) is 5.66. The molecule has 1 heterocycles. The lowest BCUT2D eigenvalue weighted by molar-refractivity contribution is 0.103. The summed E-state index contributed by atoms with van der Waals surface area (Å²) in [5, 5.41) is 1.09. The van der Waals surface area contributed by atoms with Crippen LogP contribution < -0.4 is 0 Å². The van der Waals surface area contributed by atoms with E-state index in [1.54, 1.807) is 0 Å². The van der Waals surface area contributed by atoms with E-state index in [-0.39, 0.29) is 5.78 Å². The van der Waals surface area contributed by atoms with Gasteiger partial charge >= 0.3 is 0 Å². The molecule has 0 saturated carbocycles. The first-order valence-electron chi connectivity index (χ1n) is 9.59. The van der Waals surface area contributed by atoms with Crippen LogP contribution in [0, 0.1) is 0 Å². The van der Waals surface area contributed by atoms with Gasteiger partial charge in [-0.3, -0.25) is 4.79 Å². The summed E-state index contributed by atoms with van der Waals surface area (Å²) in [6, 6.07) is 20.7. The van der Waals surface area contributed by atoms with Gasteiger partial charge in [-0.2, -0.15) is 0 Å². The molecule has 0 radical (unpaired) electrons. The molecule has 0 N–H and O–H groups in total. The predicted octanol–water partition coefficient (Wildman–Crippen LogP) is 6.57. The highest BCUT2D eigenvalue weighted by atomic mass is 35.5. The van der Waals surface area contributed by atoms with Crippen LogP contribution in [0.25, 0.3) is 11.0 Å². The van der Waals surface area contributed by atoms with Crippen LogP contribution in [0.1, 0.15) is 40.7 Å². The Balaban J connectivity index is 1.74. The number of carbonyl (C=O) groups is 1. The van der Waals surface area contributed by atoms with Crippen molar-refractivity contribution in [2.45, 2.75) is 26.3 Å². The topological polar surface area (TPSA) is 34.9 Å². The molecule has 1 aromatic heterocycles. The van der Waals surface area contributed by atoms with Gasteiger partial charge in [0.05, 0.1) is 21.1 Å². The summed E-state index contributed by atoms with van der Waals surface area (Å²) in [5.74, 6) is 1.00. The minimum absolute atomic E-state index is 0.00331. The monoisotopic (exact) mass is 422 g/mol. The van der Waals surface area contributed by atoms with Crippen molar-refractivity contribution >= 4 is 40.0 Å². The number of aryl methyl sites for hydroxylation is 1. The number of carbonyl (C=O) groups excluding carboxylic acids is 1. The van der Waals surface area contributed by atoms with Crippen molar-refractivity contribution in [1.29, 1.82) is 0 Å². The summed E-state index contributed by atoms with van der Waals surface area (Å²) in [5.41, 5.74) is 4.21. The fourth-order valence-electron chi connectivity index (χ4n) is 3.49. The number of nitrogens with zero attached hydrogens (tertiary/aromatic N) is 2. The molecule has 29 heavy (non-hydrogen) atoms. The maximum Gasteiger partial charge on any atom is 0.193 e. The normalized spacial score (nSPS) is 11.1. The van der Waals surface area contributed by atoms with Crippen LogP contribution in [0.3, 0.4) is 0 Å². The van der Waals surface area contributed by atoms with E-state index in [0.29, 0.717) is 27.7 Å². The summed E-state index contributed by atoms with van der Waals surface area (Å²) < 4.78 is 2.19. The van der Waals surface area contributed by atoms with Crippen LogP contribution >= 0.6 is 23.2 Å². The number of rotatable bonds is 6. The molecule has 3 aromatic carbocycles. The summed E-state index contributed by atoms with van der Waals surface area (Å²) in [6.45, 7) is 2.78. The maximum absolute atomic E-state index is 12.8. The Labute approximate surface area is 179 Å². The molecule has 146 valence electrons. The Morgan fingerprint density at radius 1 is 0.931 bits per heavy atom. The van der Waals surface area contributed by atoms with Gasteiger partial charge in [0.15, 0.2) is 5.78 Å². The first-order valence-corrected chi connectivity index (χ1v) is 10.3. The lowest BCUT2D eigenvalue weighted by Gasteiger charge is -2.10. The van der Waals surface area contributed by atoms with Crippen LogP contribution in [-0.2, 0) is 13.0 Å². The standard InChI is InChI=1S/C24H20Cl2N2O/c1-2-6-23-27-21-14-18(24(29)17-7-4-3-5-8-17)10-12-22(21)28(23)15-16-9-11-19(25)20(26)13-16/h3-5,7-14H,2,6,15H2,1H3. The van der Waals surface area contributed by atoms with E-state index in [4.69, 9.17) is 28.2 Å². The van der Waals surface area contributed by atoms with Crippen molar-refractivity contribution in [2.24, 2.45) is 0 Å². The molecule has 3 nitrogen and oxygen atoms in total. The smallest absolute Gasteiger partial charge is 0.193 e. The molecular formula is C24H20Cl2N2O. The molecule has 0 amide bonds. The quantitative estimate of drug-likeness (QED) is 0.329. The summed E-state index contributed by atoms with van der Waals surface area (Å²) in [7, 11) is 0. The second-order valence-corrected chi connectivity index (χ2v) is 7.83. The Morgan fingerprint density at radius 3 is 2.45 bits per heavy atom. The third-order valence-electron chi connectivity index (χ3n) is 4.92. The lowest BCUT2D eigenvalue weighted by atomic mass is 10.0. The molecule has 0 spiro atoms. The van der Waals surface area contributed by atoms with Crippen molar-refractivity contribution < 1.29 is 4.79 Å². The van der Waals surface area contributed by atoms with Crippen molar-refractivity contribution in [3.63, 3.8) is 0 Å². The number of ketones is 1. The van der Waals surface area contributed by atoms with E-state index >= 15 is 0 Å². The summed E-state index contributed by atoms with van der Waals surface area (Å²) in [4.78, 5) is 17.6. The van der Waals surface area contributed by atoms with E-state index in [9.17, 15) is 4.79 Å². The Morgan fingerprint density at radius 2 is 1.72 bits per heavy atom. The molecule has 4 rings (SSSR count). The minimum atomic E-state index is 0.00331. The van der Waals surface area contributed by atoms with Crippen LogP contribution in [0.5, 0.6) is 0 Å². The highest BCUT2D eigenvalue weighted by Gasteiger charge is 2.15. The van der Waals surface area contributed by atoms with Gasteiger partial charge in [-0.25, -0.2) is 4.98 Å². The fourth-order valence-corrected chi connectivity index (χ4v) is 3.81. The van der Waals surface area contributed by atoms with Gasteiger partial charge in [0.2, 0.25) is 0 Å². The largest absolute Gasteiger partial charge is 0.323 e. The molecule has 0 atom stereocenters. The van der Waals surface area contributed by atoms with Gasteiger partial charge in [0.25, 0.3) is 0 Å². The summed E-state index contributed by atoms with van der Waals surface area (Å²) >= 11 is 12.2. The van der Waals surface area contributed by atoms with Gasteiger partial charge in [0, 0.05) is 24.1 Å². The molecule has 0 unspecified atom stereocenters. The van der Waals surface area contributed by atoms with Crippen LogP contribution in [0.4, 0.5) is 0 Å². The predicted molar refractivity (Wildman–Crippen MR) is 119 cm³/mol. The van der Waals surface area contributed by atoms with E-state index in [1.165, 1.54) is 0 Å². The maximum atomic E-state index is 12.8. The molecule has 4 aromatic rings. The number of hydrogen-bond donors (Lipinski definition) is 0. The molecule has 0 saturated heterocycles. The number of imidazole rings is 1. The number of hydrogen-bond acceptors (Lipinski definition) is 2. The molecule has 0 aliphatic heterocycles. The van der Waals surface area contributed by atoms with E-state index in [0.717, 1.165) is 35.3 Å². The fraction of sp³-hybridized carbons (Fsp3) is 0.167. The van der Waals surface area contributed by atoms with Crippen molar-refractivity contribution in [3.05, 3.63) is 99.3 Å². The number of halogens is 2. The number of benzene rings is 3. The molecule has 0 bridgehead atoms. The Hall–Kier alpha value is -2.62. The average Bonchev–Trinajstić information content (AvgIpc) is 3.07. The highest BCUT2D eigenvalue weighted by molar-refractivity contribution is 6.42. The molecule has 0 aliphatic rings. The Kier molecular flexibility index (Phi) is 5.70. The first-order chi connectivity index (χ1) is 14.1. The van der Waals surface area contributed by atoms with Crippen LogP contribution in [-0.4, -0.2) is 15.3 Å². The highest BCUT2D eigenvalue weighted by Crippen LogP contribution is 2.26. The minimum Gasteiger partial charge on any atom is -0.323 e. The molecule has 0 fully saturated rings. The average molecular weight is 423 g/mol. The third kappa shape index (κ3) is 4.07. The second kappa shape index (κ2) is 8.40. The second-order valence-electron chi connectivity index (χ2n) is 7.01. The SMILES string of the molecule is CCCc1nc2cc(C(=O)c3ccccc3)ccc2n1Cc1ccc(Cl)c(Cl)c1. The van der Waals surface area contributed by atoms with E-state index in [1.807, 2.05) is 66.7 Å². The van der Waals surface area contributed by atoms with Crippen LogP contribution in [0.2, 0.25) is 10.0 Å². The molecular weight excluding hydrogens is 403 g/mol. The zero-order chi connectivity index (χ0) is 20.4. The van der Waals surface area contributed by atoms with Gasteiger partial charge in [-0.05, 0) is 42.3 Å². The number of aromatic nitrogens is 2. The zero-order valence-electron chi connectivity index (χ0n) is 16.0. The Bertz CT molecular complexity index is 1180. The van der Waals surface area contributed by atoms with E-state index < -0.39 is 0 Å². The summed E-state index contributed by atoms with van der Waals surface area (Å²) in [6.07, 6.45) is 1.85. The van der Waals surface area contributed by atoms with Crippen molar-refractivity contribution in [2.75, 3.05) is 0 Å². The van der Waals surface area contributed by atoms with Gasteiger partial charge in [-0.15, -0.1) is 0 Å². The van der Waals surface area contributed by atoms with Crippen molar-refractivity contribution in [1.82, 2.24) is 9.55 Å². The molecule has 5 heteroatoms. The van der Waals surface area contributed by atoms with Gasteiger partial charge in [-0.1, -0.05) is 66.5 Å². The zero-order valence-corrected chi connectivity index (χ0v) is 17.5. The first kappa shape index (κ1) is 19.7. The van der Waals surface area contributed by atoms with Crippen LogP contribution in [0.15, 0.2) is 66.7 Å². The van der Waals surface area contributed by atoms with Gasteiger partial charge < -0.3 is 4.57 Å². The number of fused-ring (bicyclic) bond motifs is 1. The van der Waals surface area contributed by atoms with E-state index in [2.05, 4.69) is 11.5 Å². The molecule has 0 aliphatic carbocycles. The lowest BCUT2D eigenvalue weighted by Crippen LogP contribution is -2.05. The van der Waals surface area contributed by atoms with Crippen molar-refractivity contribution in [3.8, 4) is 0 Å².